The predicted molar refractivity (Wildman–Crippen MR) is 63.2 cm³/mol. The number of fused-ring (bicyclic) bond motifs is 2. The molecule has 0 radical (unpaired) electrons. The molecular weight excluding hydrogens is 236 g/mol. The van der Waals surface area contributed by atoms with Crippen molar-refractivity contribution in [3.63, 3.8) is 0 Å². The van der Waals surface area contributed by atoms with Gasteiger partial charge in [0.1, 0.15) is 0 Å². The summed E-state index contributed by atoms with van der Waals surface area (Å²) in [4.78, 5) is 22.9. The van der Waals surface area contributed by atoms with Gasteiger partial charge in [0, 0.05) is 12.6 Å². The van der Waals surface area contributed by atoms with E-state index in [0.29, 0.717) is 35.2 Å². The second-order valence-corrected chi connectivity index (χ2v) is 3.87. The van der Waals surface area contributed by atoms with Crippen molar-refractivity contribution in [2.75, 3.05) is 6.79 Å². The maximum absolute atomic E-state index is 12.0. The van der Waals surface area contributed by atoms with Crippen LogP contribution in [-0.4, -0.2) is 22.9 Å². The number of carbonyl (C=O) groups is 1. The van der Waals surface area contributed by atoms with E-state index in [9.17, 15) is 9.59 Å². The van der Waals surface area contributed by atoms with Crippen LogP contribution in [-0.2, 0) is 6.54 Å². The van der Waals surface area contributed by atoms with Crippen LogP contribution in [0.4, 0.5) is 0 Å². The van der Waals surface area contributed by atoms with Gasteiger partial charge in [-0.2, -0.15) is 5.10 Å². The zero-order valence-corrected chi connectivity index (χ0v) is 9.67. The van der Waals surface area contributed by atoms with Crippen molar-refractivity contribution in [1.29, 1.82) is 0 Å². The lowest BCUT2D eigenvalue weighted by atomic mass is 10.2. The number of ether oxygens (including phenoxy) is 2. The van der Waals surface area contributed by atoms with Crippen molar-refractivity contribution in [1.82, 2.24) is 9.78 Å². The lowest BCUT2D eigenvalue weighted by molar-refractivity contribution is 0.111. The van der Waals surface area contributed by atoms with Crippen LogP contribution >= 0.6 is 0 Å². The maximum Gasteiger partial charge on any atom is 0.231 e. The van der Waals surface area contributed by atoms with Gasteiger partial charge in [-0.25, -0.2) is 0 Å². The number of nitrogens with zero attached hydrogens (tertiary/aromatic N) is 2. The van der Waals surface area contributed by atoms with Crippen LogP contribution in [0.15, 0.2) is 16.9 Å². The maximum atomic E-state index is 12.0. The summed E-state index contributed by atoms with van der Waals surface area (Å²) < 4.78 is 12.1. The van der Waals surface area contributed by atoms with Crippen LogP contribution in [0.3, 0.4) is 0 Å². The molecule has 3 rings (SSSR count). The van der Waals surface area contributed by atoms with E-state index in [2.05, 4.69) is 5.10 Å². The molecule has 0 amide bonds. The highest BCUT2D eigenvalue weighted by atomic mass is 16.7. The fourth-order valence-electron chi connectivity index (χ4n) is 2.01. The predicted octanol–water partition coefficient (Wildman–Crippen LogP) is 0.958. The Labute approximate surface area is 102 Å². The Morgan fingerprint density at radius 1 is 1.39 bits per heavy atom. The Hall–Kier alpha value is -2.37. The Morgan fingerprint density at radius 3 is 2.78 bits per heavy atom. The minimum atomic E-state index is -0.386. The topological polar surface area (TPSA) is 70.4 Å². The Bertz CT molecular complexity index is 705. The molecular formula is C12H10N2O4. The van der Waals surface area contributed by atoms with Gasteiger partial charge in [0.05, 0.1) is 10.9 Å². The van der Waals surface area contributed by atoms with Crippen molar-refractivity contribution in [3.05, 3.63) is 28.0 Å². The highest BCUT2D eigenvalue weighted by Gasteiger charge is 2.18. The average Bonchev–Trinajstić information content (AvgIpc) is 2.85. The van der Waals surface area contributed by atoms with E-state index in [0.717, 1.165) is 0 Å². The molecule has 1 aromatic heterocycles. The zero-order chi connectivity index (χ0) is 12.7. The molecule has 92 valence electrons. The first kappa shape index (κ1) is 10.8. The molecule has 0 saturated heterocycles. The van der Waals surface area contributed by atoms with Crippen LogP contribution in [0.5, 0.6) is 11.5 Å². The van der Waals surface area contributed by atoms with Gasteiger partial charge in [0.25, 0.3) is 0 Å². The molecule has 2 aromatic rings. The highest BCUT2D eigenvalue weighted by molar-refractivity contribution is 5.86. The van der Waals surface area contributed by atoms with Crippen LogP contribution in [0.2, 0.25) is 0 Å². The van der Waals surface area contributed by atoms with E-state index in [1.807, 2.05) is 6.92 Å². The molecule has 0 bridgehead atoms. The van der Waals surface area contributed by atoms with Crippen molar-refractivity contribution in [2.24, 2.45) is 0 Å². The summed E-state index contributed by atoms with van der Waals surface area (Å²) in [6.07, 6.45) is 0.471. The van der Waals surface area contributed by atoms with Gasteiger partial charge in [0.15, 0.2) is 23.5 Å². The molecule has 2 heterocycles. The first-order chi connectivity index (χ1) is 8.74. The number of hydrogen-bond donors (Lipinski definition) is 0. The second kappa shape index (κ2) is 3.83. The molecule has 6 nitrogen and oxygen atoms in total. The number of benzene rings is 1. The number of aromatic nitrogens is 2. The minimum absolute atomic E-state index is 0.0942. The van der Waals surface area contributed by atoms with Gasteiger partial charge in [0.2, 0.25) is 12.2 Å². The molecule has 0 unspecified atom stereocenters. The smallest absolute Gasteiger partial charge is 0.231 e. The van der Waals surface area contributed by atoms with Gasteiger partial charge >= 0.3 is 0 Å². The fraction of sp³-hybridized carbons (Fsp3) is 0.250. The van der Waals surface area contributed by atoms with Gasteiger partial charge in [-0.15, -0.1) is 0 Å². The number of aryl methyl sites for hydroxylation is 1. The molecule has 0 atom stereocenters. The normalized spacial score (nSPS) is 12.9. The summed E-state index contributed by atoms with van der Waals surface area (Å²) in [5.74, 6) is 1.11. The largest absolute Gasteiger partial charge is 0.454 e. The molecule has 1 aromatic carbocycles. The van der Waals surface area contributed by atoms with E-state index in [1.165, 1.54) is 0 Å². The van der Waals surface area contributed by atoms with Crippen molar-refractivity contribution < 1.29 is 14.3 Å². The summed E-state index contributed by atoms with van der Waals surface area (Å²) in [5, 5.41) is 4.42. The lowest BCUT2D eigenvalue weighted by Crippen LogP contribution is -2.18. The number of aldehydes is 1. The number of hydrogen-bond acceptors (Lipinski definition) is 5. The molecule has 0 fully saturated rings. The fourth-order valence-corrected chi connectivity index (χ4v) is 2.01. The van der Waals surface area contributed by atoms with Crippen molar-refractivity contribution >= 4 is 17.2 Å². The van der Waals surface area contributed by atoms with Crippen LogP contribution in [0, 0.1) is 0 Å². The van der Waals surface area contributed by atoms with Crippen molar-refractivity contribution in [2.45, 2.75) is 13.5 Å². The van der Waals surface area contributed by atoms with Crippen LogP contribution < -0.4 is 14.9 Å². The molecule has 0 N–H and O–H groups in total. The zero-order valence-electron chi connectivity index (χ0n) is 9.67. The quantitative estimate of drug-likeness (QED) is 0.738. The lowest BCUT2D eigenvalue weighted by Gasteiger charge is -2.08. The van der Waals surface area contributed by atoms with Gasteiger partial charge in [-0.1, -0.05) is 0 Å². The van der Waals surface area contributed by atoms with Gasteiger partial charge in [-0.05, 0) is 13.0 Å². The van der Waals surface area contributed by atoms with Gasteiger partial charge < -0.3 is 9.47 Å². The summed E-state index contributed by atoms with van der Waals surface area (Å²) in [6.45, 7) is 2.58. The molecule has 0 spiro atoms. The van der Waals surface area contributed by atoms with E-state index in [4.69, 9.17) is 9.47 Å². The summed E-state index contributed by atoms with van der Waals surface area (Å²) in [7, 11) is 0. The summed E-state index contributed by atoms with van der Waals surface area (Å²) in [5.41, 5.74) is 0.156. The molecule has 0 aliphatic carbocycles. The molecule has 1 aliphatic heterocycles. The third-order valence-corrected chi connectivity index (χ3v) is 2.89. The highest BCUT2D eigenvalue weighted by Crippen LogP contribution is 2.34. The van der Waals surface area contributed by atoms with E-state index in [1.54, 1.807) is 16.8 Å². The Kier molecular flexibility index (Phi) is 2.29. The van der Waals surface area contributed by atoms with Crippen LogP contribution in [0.1, 0.15) is 17.4 Å². The average molecular weight is 246 g/mol. The van der Waals surface area contributed by atoms with E-state index in [-0.39, 0.29) is 17.9 Å². The third-order valence-electron chi connectivity index (χ3n) is 2.89. The van der Waals surface area contributed by atoms with Crippen molar-refractivity contribution in [3.8, 4) is 11.5 Å². The summed E-state index contributed by atoms with van der Waals surface area (Å²) >= 11 is 0. The standard InChI is InChI=1S/C12H10N2O4/c1-2-14-9-4-11-10(17-6-18-11)3-7(9)12(16)8(5-15)13-14/h3-5H,2,6H2,1H3. The number of rotatable bonds is 2. The second-order valence-electron chi connectivity index (χ2n) is 3.87. The molecule has 18 heavy (non-hydrogen) atoms. The summed E-state index contributed by atoms with van der Waals surface area (Å²) in [6, 6.07) is 3.31. The van der Waals surface area contributed by atoms with Gasteiger partial charge in [-0.3, -0.25) is 14.3 Å². The van der Waals surface area contributed by atoms with E-state index < -0.39 is 0 Å². The monoisotopic (exact) mass is 246 g/mol. The molecule has 6 heteroatoms. The minimum Gasteiger partial charge on any atom is -0.454 e. The third kappa shape index (κ3) is 1.38. The van der Waals surface area contributed by atoms with Crippen LogP contribution in [0.25, 0.3) is 10.9 Å². The first-order valence-corrected chi connectivity index (χ1v) is 5.54. The Morgan fingerprint density at radius 2 is 2.11 bits per heavy atom. The number of carbonyl (C=O) groups excluding carboxylic acids is 1. The molecule has 1 aliphatic rings. The first-order valence-electron chi connectivity index (χ1n) is 5.54. The SMILES string of the molecule is CCn1nc(C=O)c(=O)c2cc3c(cc21)OCO3. The van der Waals surface area contributed by atoms with E-state index >= 15 is 0 Å². The molecule has 0 saturated carbocycles. The Balaban J connectivity index is 2.44.